The molecule has 0 aromatic rings. The number of nitrogens with zero attached hydrogens (tertiary/aromatic N) is 1. The average Bonchev–Trinajstić information content (AvgIpc) is 2.70. The van der Waals surface area contributed by atoms with Gasteiger partial charge in [0.05, 0.1) is 7.11 Å². The molecular weight excluding hydrogens is 386 g/mol. The van der Waals surface area contributed by atoms with E-state index in [2.05, 4.69) is 16.7 Å². The summed E-state index contributed by atoms with van der Waals surface area (Å²) in [5.74, 6) is -3.27. The van der Waals surface area contributed by atoms with Crippen molar-refractivity contribution in [3.63, 3.8) is 0 Å². The van der Waals surface area contributed by atoms with E-state index in [0.717, 1.165) is 18.4 Å². The molecule has 1 heterocycles. The van der Waals surface area contributed by atoms with Crippen LogP contribution in [0.5, 0.6) is 0 Å². The van der Waals surface area contributed by atoms with E-state index in [9.17, 15) is 19.2 Å². The lowest BCUT2D eigenvalue weighted by Gasteiger charge is -2.23. The number of ketones is 2. The van der Waals surface area contributed by atoms with Gasteiger partial charge in [0.1, 0.15) is 5.76 Å². The van der Waals surface area contributed by atoms with Crippen LogP contribution in [-0.4, -0.2) is 37.0 Å². The molecule has 7 nitrogen and oxygen atoms in total. The molecule has 2 atom stereocenters. The van der Waals surface area contributed by atoms with Crippen LogP contribution >= 0.6 is 0 Å². The minimum atomic E-state index is -1.44. The van der Waals surface area contributed by atoms with Gasteiger partial charge in [-0.25, -0.2) is 4.79 Å². The van der Waals surface area contributed by atoms with Crippen LogP contribution < -0.4 is 0 Å². The Morgan fingerprint density at radius 3 is 2.57 bits per heavy atom. The van der Waals surface area contributed by atoms with E-state index in [1.165, 1.54) is 19.4 Å². The van der Waals surface area contributed by atoms with Gasteiger partial charge < -0.3 is 9.47 Å². The monoisotopic (exact) mass is 417 g/mol. The highest BCUT2D eigenvalue weighted by molar-refractivity contribution is 6.26. The van der Waals surface area contributed by atoms with E-state index in [1.807, 2.05) is 19.9 Å². The minimum absolute atomic E-state index is 0.184. The molecule has 1 aliphatic rings. The molecule has 7 heteroatoms. The zero-order valence-electron chi connectivity index (χ0n) is 18.4. The predicted octanol–water partition coefficient (Wildman–Crippen LogP) is 4.52. The van der Waals surface area contributed by atoms with E-state index in [-0.39, 0.29) is 11.7 Å². The third kappa shape index (κ3) is 7.89. The highest BCUT2D eigenvalue weighted by atomic mass is 16.5. The Kier molecular flexibility index (Phi) is 10.6. The average molecular weight is 418 g/mol. The number of amides is 1. The van der Waals surface area contributed by atoms with Crippen LogP contribution in [0, 0.1) is 11.8 Å². The number of methoxy groups -OCH3 is 1. The van der Waals surface area contributed by atoms with Crippen LogP contribution in [-0.2, 0) is 23.9 Å². The number of aliphatic imine (C=N–C) groups is 1. The minimum Gasteiger partial charge on any atom is -0.451 e. The lowest BCUT2D eigenvalue weighted by molar-refractivity contribution is -0.152. The van der Waals surface area contributed by atoms with Crippen LogP contribution in [0.25, 0.3) is 0 Å². The van der Waals surface area contributed by atoms with E-state index in [1.54, 1.807) is 13.0 Å². The van der Waals surface area contributed by atoms with Gasteiger partial charge in [-0.2, -0.15) is 4.99 Å². The van der Waals surface area contributed by atoms with Crippen LogP contribution in [0.2, 0.25) is 0 Å². The SMILES string of the molecule is CCC/C(C)=C/C=C(\C)C(=O)[C@@H]1C(=O)C=C([C@H](C)CCC/C=N/C(=O)OC)OC1=O. The number of allylic oxidation sites excluding steroid dienone is 6. The van der Waals surface area contributed by atoms with Crippen molar-refractivity contribution in [2.45, 2.75) is 59.8 Å². The van der Waals surface area contributed by atoms with Crippen molar-refractivity contribution in [1.82, 2.24) is 0 Å². The normalized spacial score (nSPS) is 18.8. The van der Waals surface area contributed by atoms with Crippen LogP contribution in [0.15, 0.2) is 40.1 Å². The van der Waals surface area contributed by atoms with Crippen LogP contribution in [0.1, 0.15) is 59.8 Å². The van der Waals surface area contributed by atoms with Crippen LogP contribution in [0.3, 0.4) is 0 Å². The standard InChI is InChI=1S/C23H31NO6/c1-6-9-15(2)11-12-17(4)21(26)20-18(25)14-19(30-22(20)27)16(3)10-7-8-13-24-23(28)29-5/h11-14,16,20H,6-10H2,1-5H3/b15-11+,17-12+,24-13+/t16-,20+/m1/s1. The quantitative estimate of drug-likeness (QED) is 0.129. The van der Waals surface area contributed by atoms with Crippen molar-refractivity contribution in [2.24, 2.45) is 16.8 Å². The smallest absolute Gasteiger partial charge is 0.432 e. The fraction of sp³-hybridized carbons (Fsp3) is 0.522. The van der Waals surface area contributed by atoms with Crippen molar-refractivity contribution in [3.8, 4) is 0 Å². The fourth-order valence-electron chi connectivity index (χ4n) is 2.93. The summed E-state index contributed by atoms with van der Waals surface area (Å²) in [6.07, 6.45) is 9.30. The molecule has 0 unspecified atom stereocenters. The largest absolute Gasteiger partial charge is 0.451 e. The Morgan fingerprint density at radius 2 is 1.97 bits per heavy atom. The molecule has 0 fully saturated rings. The maximum absolute atomic E-state index is 12.6. The first-order valence-electron chi connectivity index (χ1n) is 10.2. The lowest BCUT2D eigenvalue weighted by atomic mass is 9.90. The number of rotatable bonds is 10. The maximum atomic E-state index is 12.6. The molecule has 0 saturated heterocycles. The zero-order chi connectivity index (χ0) is 22.7. The summed E-state index contributed by atoms with van der Waals surface area (Å²) >= 11 is 0. The second-order valence-corrected chi connectivity index (χ2v) is 7.39. The summed E-state index contributed by atoms with van der Waals surface area (Å²) in [6.45, 7) is 7.46. The predicted molar refractivity (Wildman–Crippen MR) is 114 cm³/mol. The molecule has 0 aromatic carbocycles. The number of cyclic esters (lactones) is 1. The Bertz CT molecular complexity index is 788. The highest BCUT2D eigenvalue weighted by Gasteiger charge is 2.39. The third-order valence-electron chi connectivity index (χ3n) is 4.76. The van der Waals surface area contributed by atoms with Crippen molar-refractivity contribution in [3.05, 3.63) is 35.1 Å². The van der Waals surface area contributed by atoms with Gasteiger partial charge >= 0.3 is 12.1 Å². The number of unbranched alkanes of at least 4 members (excludes halogenated alkanes) is 1. The maximum Gasteiger partial charge on any atom is 0.432 e. The number of carbonyl (C=O) groups is 4. The molecule has 0 saturated carbocycles. The first kappa shape index (κ1) is 25.2. The molecule has 0 radical (unpaired) electrons. The summed E-state index contributed by atoms with van der Waals surface area (Å²) in [5.41, 5.74) is 1.46. The van der Waals surface area contributed by atoms with Crippen molar-refractivity contribution < 1.29 is 28.7 Å². The number of carbonyl (C=O) groups excluding carboxylic acids is 4. The summed E-state index contributed by atoms with van der Waals surface area (Å²) in [6, 6.07) is 0. The second kappa shape index (κ2) is 12.7. The zero-order valence-corrected chi connectivity index (χ0v) is 18.4. The number of hydrogen-bond donors (Lipinski definition) is 0. The number of Topliss-reactive ketones (excluding diaryl/α,β-unsaturated/α-hetero) is 1. The Balaban J connectivity index is 2.73. The molecule has 30 heavy (non-hydrogen) atoms. The Morgan fingerprint density at radius 1 is 1.27 bits per heavy atom. The third-order valence-corrected chi connectivity index (χ3v) is 4.76. The molecule has 1 aliphatic heterocycles. The van der Waals surface area contributed by atoms with Crippen molar-refractivity contribution in [1.29, 1.82) is 0 Å². The topological polar surface area (TPSA) is 99.1 Å². The second-order valence-electron chi connectivity index (χ2n) is 7.39. The fourth-order valence-corrected chi connectivity index (χ4v) is 2.93. The molecule has 0 bridgehead atoms. The van der Waals surface area contributed by atoms with Gasteiger partial charge in [-0.1, -0.05) is 38.0 Å². The molecule has 164 valence electrons. The molecule has 0 N–H and O–H groups in total. The van der Waals surface area contributed by atoms with Crippen LogP contribution in [0.4, 0.5) is 4.79 Å². The molecule has 1 rings (SSSR count). The summed E-state index contributed by atoms with van der Waals surface area (Å²) in [5, 5.41) is 0. The number of hydrogen-bond acceptors (Lipinski definition) is 6. The Labute approximate surface area is 177 Å². The molecule has 1 amide bonds. The first-order chi connectivity index (χ1) is 14.2. The van der Waals surface area contributed by atoms with Crippen molar-refractivity contribution >= 4 is 29.8 Å². The highest BCUT2D eigenvalue weighted by Crippen LogP contribution is 2.26. The van der Waals surface area contributed by atoms with Gasteiger partial charge in [0.25, 0.3) is 0 Å². The molecule has 0 aliphatic carbocycles. The molecule has 0 aromatic heterocycles. The van der Waals surface area contributed by atoms with E-state index >= 15 is 0 Å². The van der Waals surface area contributed by atoms with Gasteiger partial charge in [0.2, 0.25) is 0 Å². The molecule has 0 spiro atoms. The van der Waals surface area contributed by atoms with Gasteiger partial charge in [0.15, 0.2) is 17.5 Å². The van der Waals surface area contributed by atoms with E-state index in [4.69, 9.17) is 4.74 Å². The van der Waals surface area contributed by atoms with Gasteiger partial charge in [-0.15, -0.1) is 0 Å². The lowest BCUT2D eigenvalue weighted by Crippen LogP contribution is -2.37. The van der Waals surface area contributed by atoms with Gasteiger partial charge in [-0.05, 0) is 45.1 Å². The number of ether oxygens (including phenoxy) is 2. The van der Waals surface area contributed by atoms with Crippen molar-refractivity contribution in [2.75, 3.05) is 7.11 Å². The number of esters is 1. The Hall–Kier alpha value is -2.83. The summed E-state index contributed by atoms with van der Waals surface area (Å²) in [4.78, 5) is 51.9. The summed E-state index contributed by atoms with van der Waals surface area (Å²) in [7, 11) is 1.25. The van der Waals surface area contributed by atoms with Gasteiger partial charge in [-0.3, -0.25) is 14.4 Å². The first-order valence-corrected chi connectivity index (χ1v) is 10.2. The summed E-state index contributed by atoms with van der Waals surface area (Å²) < 4.78 is 9.71. The van der Waals surface area contributed by atoms with E-state index in [0.29, 0.717) is 24.8 Å². The molecular formula is C23H31NO6. The van der Waals surface area contributed by atoms with E-state index < -0.39 is 29.5 Å². The van der Waals surface area contributed by atoms with Gasteiger partial charge in [0, 0.05) is 18.2 Å².